The summed E-state index contributed by atoms with van der Waals surface area (Å²) in [4.78, 5) is 18.6. The number of carbonyl (C=O) groups excluding carboxylic acids is 1. The van der Waals surface area contributed by atoms with Gasteiger partial charge in [-0.1, -0.05) is 23.4 Å². The number of hydrogen-bond acceptors (Lipinski definition) is 5. The molecule has 3 rings (SSSR count). The number of aliphatic imine (C=N–C) groups is 1. The molecule has 0 bridgehead atoms. The number of methoxy groups -OCH3 is 1. The Hall–Kier alpha value is -2.18. The third kappa shape index (κ3) is 3.00. The van der Waals surface area contributed by atoms with Crippen molar-refractivity contribution in [2.45, 2.75) is 0 Å². The first-order chi connectivity index (χ1) is 11.1. The number of thioether (sulfide) groups is 1. The van der Waals surface area contributed by atoms with Crippen LogP contribution >= 0.6 is 23.4 Å². The Kier molecular flexibility index (Phi) is 4.45. The van der Waals surface area contributed by atoms with Crippen LogP contribution in [0.4, 0.5) is 5.69 Å². The van der Waals surface area contributed by atoms with Gasteiger partial charge >= 0.3 is 0 Å². The van der Waals surface area contributed by atoms with Crippen LogP contribution in [-0.2, 0) is 4.79 Å². The lowest BCUT2D eigenvalue weighted by Crippen LogP contribution is -2.30. The molecule has 1 aliphatic rings. The molecular weight excluding hydrogens is 336 g/mol. The summed E-state index contributed by atoms with van der Waals surface area (Å²) < 4.78 is 10.4. The Bertz CT molecular complexity index is 800. The van der Waals surface area contributed by atoms with E-state index in [1.807, 2.05) is 6.26 Å². The van der Waals surface area contributed by atoms with E-state index in [1.165, 1.54) is 16.7 Å². The minimum Gasteiger partial charge on any atom is -0.495 e. The van der Waals surface area contributed by atoms with Crippen molar-refractivity contribution in [3.8, 4) is 5.75 Å². The molecule has 1 aliphatic heterocycles. The van der Waals surface area contributed by atoms with E-state index in [2.05, 4.69) is 4.99 Å². The molecule has 0 unspecified atom stereocenters. The lowest BCUT2D eigenvalue weighted by molar-refractivity contribution is -0.113. The van der Waals surface area contributed by atoms with Gasteiger partial charge in [0, 0.05) is 6.08 Å². The standard InChI is InChI=1S/C16H13ClN2O3S/c1-21-14-6-5-10(8-12(14)17)19-15(20)13(18-16(19)23-2)9-11-4-3-7-22-11/h3-9H,1-2H3. The van der Waals surface area contributed by atoms with E-state index in [0.29, 0.717) is 33.1 Å². The van der Waals surface area contributed by atoms with Crippen LogP contribution in [0.15, 0.2) is 51.7 Å². The van der Waals surface area contributed by atoms with Crippen molar-refractivity contribution in [3.05, 3.63) is 53.1 Å². The highest BCUT2D eigenvalue weighted by molar-refractivity contribution is 8.13. The average Bonchev–Trinajstić information content (AvgIpc) is 3.16. The van der Waals surface area contributed by atoms with Crippen LogP contribution in [0.25, 0.3) is 6.08 Å². The van der Waals surface area contributed by atoms with E-state index in [-0.39, 0.29) is 5.91 Å². The van der Waals surface area contributed by atoms with Crippen molar-refractivity contribution in [3.63, 3.8) is 0 Å². The van der Waals surface area contributed by atoms with Gasteiger partial charge in [-0.2, -0.15) is 0 Å². The SMILES string of the molecule is COc1ccc(N2C(=O)C(=Cc3ccco3)N=C2SC)cc1Cl. The quantitative estimate of drug-likeness (QED) is 0.785. The summed E-state index contributed by atoms with van der Waals surface area (Å²) in [6, 6.07) is 8.69. The third-order valence-electron chi connectivity index (χ3n) is 3.23. The predicted octanol–water partition coefficient (Wildman–Crippen LogP) is 4.05. The van der Waals surface area contributed by atoms with Gasteiger partial charge in [-0.25, -0.2) is 4.99 Å². The first-order valence-corrected chi connectivity index (χ1v) is 8.30. The number of hydrogen-bond donors (Lipinski definition) is 0. The second-order valence-electron chi connectivity index (χ2n) is 4.60. The van der Waals surface area contributed by atoms with Crippen LogP contribution in [0.3, 0.4) is 0 Å². The first-order valence-electron chi connectivity index (χ1n) is 6.70. The molecular formula is C16H13ClN2O3S. The van der Waals surface area contributed by atoms with Crippen molar-refractivity contribution in [1.29, 1.82) is 0 Å². The van der Waals surface area contributed by atoms with Gasteiger partial charge in [0.25, 0.3) is 5.91 Å². The number of rotatable bonds is 3. The Labute approximate surface area is 142 Å². The fraction of sp³-hybridized carbons (Fsp3) is 0.125. The summed E-state index contributed by atoms with van der Waals surface area (Å²) >= 11 is 7.54. The molecule has 7 heteroatoms. The lowest BCUT2D eigenvalue weighted by atomic mass is 10.2. The molecule has 5 nitrogen and oxygen atoms in total. The van der Waals surface area contributed by atoms with Gasteiger partial charge in [-0.15, -0.1) is 0 Å². The molecule has 1 aromatic carbocycles. The Morgan fingerprint density at radius 3 is 2.83 bits per heavy atom. The van der Waals surface area contributed by atoms with E-state index < -0.39 is 0 Å². The van der Waals surface area contributed by atoms with Crippen molar-refractivity contribution in [1.82, 2.24) is 0 Å². The number of ether oxygens (including phenoxy) is 1. The van der Waals surface area contributed by atoms with Crippen LogP contribution in [0.5, 0.6) is 5.75 Å². The van der Waals surface area contributed by atoms with Crippen molar-refractivity contribution < 1.29 is 13.9 Å². The zero-order valence-corrected chi connectivity index (χ0v) is 14.0. The second-order valence-corrected chi connectivity index (χ2v) is 5.78. The highest BCUT2D eigenvalue weighted by Gasteiger charge is 2.31. The van der Waals surface area contributed by atoms with E-state index >= 15 is 0 Å². The third-order valence-corrected chi connectivity index (χ3v) is 4.16. The molecule has 0 aliphatic carbocycles. The van der Waals surface area contributed by atoms with E-state index in [0.717, 1.165) is 0 Å². The van der Waals surface area contributed by atoms with Crippen molar-refractivity contribution in [2.24, 2.45) is 4.99 Å². The van der Waals surface area contributed by atoms with Gasteiger partial charge in [0.15, 0.2) is 5.17 Å². The van der Waals surface area contributed by atoms with Crippen molar-refractivity contribution in [2.75, 3.05) is 18.3 Å². The highest BCUT2D eigenvalue weighted by atomic mass is 35.5. The number of halogens is 1. The summed E-state index contributed by atoms with van der Waals surface area (Å²) in [6.45, 7) is 0. The number of amides is 1. The van der Waals surface area contributed by atoms with Gasteiger partial charge in [-0.05, 0) is 36.6 Å². The Morgan fingerprint density at radius 1 is 1.39 bits per heavy atom. The second kappa shape index (κ2) is 6.52. The molecule has 23 heavy (non-hydrogen) atoms. The molecule has 0 fully saturated rings. The normalized spacial score (nSPS) is 16.1. The van der Waals surface area contributed by atoms with Gasteiger partial charge in [0.05, 0.1) is 24.1 Å². The smallest absolute Gasteiger partial charge is 0.283 e. The van der Waals surface area contributed by atoms with E-state index in [9.17, 15) is 4.79 Å². The fourth-order valence-electron chi connectivity index (χ4n) is 2.16. The summed E-state index contributed by atoms with van der Waals surface area (Å²) in [6.07, 6.45) is 5.02. The zero-order valence-electron chi connectivity index (χ0n) is 12.4. The van der Waals surface area contributed by atoms with E-state index in [1.54, 1.807) is 49.8 Å². The number of amidine groups is 1. The molecule has 1 amide bonds. The number of benzene rings is 1. The highest BCUT2D eigenvalue weighted by Crippen LogP contribution is 2.33. The minimum atomic E-state index is -0.230. The fourth-order valence-corrected chi connectivity index (χ4v) is 2.98. The topological polar surface area (TPSA) is 55.0 Å². The molecule has 1 aromatic heterocycles. The minimum absolute atomic E-state index is 0.230. The number of furan rings is 1. The molecule has 2 aromatic rings. The number of carbonyl (C=O) groups is 1. The first kappa shape index (κ1) is 15.7. The molecule has 0 saturated carbocycles. The summed E-state index contributed by atoms with van der Waals surface area (Å²) in [5.41, 5.74) is 0.952. The van der Waals surface area contributed by atoms with Crippen LogP contribution in [0, 0.1) is 0 Å². The molecule has 0 saturated heterocycles. The van der Waals surface area contributed by atoms with Gasteiger partial charge < -0.3 is 9.15 Å². The lowest BCUT2D eigenvalue weighted by Gasteiger charge is -2.17. The maximum atomic E-state index is 12.7. The zero-order chi connectivity index (χ0) is 16.4. The molecule has 0 spiro atoms. The maximum absolute atomic E-state index is 12.7. The van der Waals surface area contributed by atoms with Gasteiger partial charge in [0.2, 0.25) is 0 Å². The van der Waals surface area contributed by atoms with E-state index in [4.69, 9.17) is 20.8 Å². The molecule has 0 atom stereocenters. The largest absolute Gasteiger partial charge is 0.495 e. The molecule has 0 radical (unpaired) electrons. The van der Waals surface area contributed by atoms with Crippen molar-refractivity contribution >= 4 is 46.2 Å². The number of nitrogens with zero attached hydrogens (tertiary/aromatic N) is 2. The summed E-state index contributed by atoms with van der Waals surface area (Å²) in [5.74, 6) is 0.898. The average molecular weight is 349 g/mol. The monoisotopic (exact) mass is 348 g/mol. The Balaban J connectivity index is 1.98. The summed E-state index contributed by atoms with van der Waals surface area (Å²) in [5, 5.41) is 1.01. The van der Waals surface area contributed by atoms with Crippen LogP contribution in [0.1, 0.15) is 5.76 Å². The number of anilines is 1. The predicted molar refractivity (Wildman–Crippen MR) is 93.1 cm³/mol. The molecule has 118 valence electrons. The molecule has 2 heterocycles. The van der Waals surface area contributed by atoms with Gasteiger partial charge in [-0.3, -0.25) is 9.69 Å². The van der Waals surface area contributed by atoms with Crippen LogP contribution < -0.4 is 9.64 Å². The Morgan fingerprint density at radius 2 is 2.22 bits per heavy atom. The maximum Gasteiger partial charge on any atom is 0.283 e. The molecule has 0 N–H and O–H groups in total. The van der Waals surface area contributed by atoms with Crippen LogP contribution in [0.2, 0.25) is 5.02 Å². The van der Waals surface area contributed by atoms with Crippen LogP contribution in [-0.4, -0.2) is 24.4 Å². The van der Waals surface area contributed by atoms with Gasteiger partial charge in [0.1, 0.15) is 17.2 Å². The summed E-state index contributed by atoms with van der Waals surface area (Å²) in [7, 11) is 1.54.